The van der Waals surface area contributed by atoms with E-state index in [0.717, 1.165) is 4.31 Å². The number of rotatable bonds is 5. The summed E-state index contributed by atoms with van der Waals surface area (Å²) in [5, 5.41) is 0.446. The van der Waals surface area contributed by atoms with Crippen molar-refractivity contribution in [3.8, 4) is 0 Å². The van der Waals surface area contributed by atoms with Gasteiger partial charge in [0.1, 0.15) is 6.54 Å². The highest BCUT2D eigenvalue weighted by molar-refractivity contribution is 7.92. The first-order valence-electron chi connectivity index (χ1n) is 6.38. The summed E-state index contributed by atoms with van der Waals surface area (Å²) in [7, 11) is -3.97. The monoisotopic (exact) mass is 373 g/mol. The van der Waals surface area contributed by atoms with Crippen molar-refractivity contribution in [1.29, 1.82) is 0 Å². The molecule has 0 unspecified atom stereocenters. The molecular formula is C14H13Cl2N3O3S. The largest absolute Gasteiger partial charge is 0.293 e. The van der Waals surface area contributed by atoms with E-state index in [1.807, 2.05) is 5.43 Å². The summed E-state index contributed by atoms with van der Waals surface area (Å²) < 4.78 is 26.5. The highest BCUT2D eigenvalue weighted by Gasteiger charge is 2.27. The van der Waals surface area contributed by atoms with Crippen LogP contribution in [0.2, 0.25) is 10.0 Å². The average molecular weight is 374 g/mol. The molecule has 0 bridgehead atoms. The first kappa shape index (κ1) is 17.6. The van der Waals surface area contributed by atoms with Gasteiger partial charge in [0, 0.05) is 0 Å². The van der Waals surface area contributed by atoms with Crippen LogP contribution < -0.4 is 15.6 Å². The number of nitrogens with one attached hydrogen (secondary N) is 1. The second-order valence-corrected chi connectivity index (χ2v) is 7.17. The van der Waals surface area contributed by atoms with E-state index in [1.165, 1.54) is 30.3 Å². The van der Waals surface area contributed by atoms with Crippen LogP contribution in [0.25, 0.3) is 0 Å². The molecule has 2 aromatic carbocycles. The molecule has 0 radical (unpaired) electrons. The Morgan fingerprint density at radius 3 is 2.30 bits per heavy atom. The van der Waals surface area contributed by atoms with Crippen LogP contribution in [0.1, 0.15) is 0 Å². The molecule has 0 atom stereocenters. The standard InChI is InChI=1S/C14H13Cl2N3O3S/c15-12-7-6-10(8-13(12)16)19(9-14(20)18-17)23(21,22)11-4-2-1-3-5-11/h1-8H,9,17H2,(H,18,20). The maximum atomic E-state index is 12.8. The number of hydrogen-bond donors (Lipinski definition) is 2. The quantitative estimate of drug-likeness (QED) is 0.477. The number of hydrogen-bond acceptors (Lipinski definition) is 4. The van der Waals surface area contributed by atoms with Gasteiger partial charge in [-0.2, -0.15) is 0 Å². The molecule has 0 saturated carbocycles. The number of nitrogens with zero attached hydrogens (tertiary/aromatic N) is 1. The number of amides is 1. The lowest BCUT2D eigenvalue weighted by Gasteiger charge is -2.24. The van der Waals surface area contributed by atoms with Gasteiger partial charge < -0.3 is 0 Å². The molecule has 9 heteroatoms. The first-order chi connectivity index (χ1) is 10.9. The summed E-state index contributed by atoms with van der Waals surface area (Å²) in [4.78, 5) is 11.7. The van der Waals surface area contributed by atoms with Crippen molar-refractivity contribution in [2.75, 3.05) is 10.8 Å². The predicted octanol–water partition coefficient (Wildman–Crippen LogP) is 2.18. The molecular weight excluding hydrogens is 361 g/mol. The van der Waals surface area contributed by atoms with E-state index < -0.39 is 22.5 Å². The second-order valence-electron chi connectivity index (χ2n) is 4.49. The number of carbonyl (C=O) groups is 1. The van der Waals surface area contributed by atoms with Gasteiger partial charge in [0.05, 0.1) is 20.6 Å². The molecule has 23 heavy (non-hydrogen) atoms. The van der Waals surface area contributed by atoms with Crippen LogP contribution in [0.3, 0.4) is 0 Å². The lowest BCUT2D eigenvalue weighted by molar-refractivity contribution is -0.119. The van der Waals surface area contributed by atoms with E-state index in [9.17, 15) is 13.2 Å². The minimum absolute atomic E-state index is 0.0379. The molecule has 0 heterocycles. The minimum Gasteiger partial charge on any atom is -0.293 e. The van der Waals surface area contributed by atoms with Crippen LogP contribution >= 0.6 is 23.2 Å². The van der Waals surface area contributed by atoms with Gasteiger partial charge in [-0.15, -0.1) is 0 Å². The number of sulfonamides is 1. The fourth-order valence-electron chi connectivity index (χ4n) is 1.85. The Balaban J connectivity index is 2.54. The number of halogens is 2. The smallest absolute Gasteiger partial charge is 0.264 e. The van der Waals surface area contributed by atoms with E-state index in [2.05, 4.69) is 0 Å². The van der Waals surface area contributed by atoms with Crippen LogP contribution in [0.15, 0.2) is 53.4 Å². The molecule has 0 fully saturated rings. The third kappa shape index (κ3) is 3.94. The van der Waals surface area contributed by atoms with Crippen LogP contribution in [-0.4, -0.2) is 20.9 Å². The number of benzene rings is 2. The molecule has 2 aromatic rings. The van der Waals surface area contributed by atoms with Crippen molar-refractivity contribution in [2.24, 2.45) is 5.84 Å². The zero-order chi connectivity index (χ0) is 17.0. The van der Waals surface area contributed by atoms with Crippen molar-refractivity contribution >= 4 is 44.8 Å². The summed E-state index contributed by atoms with van der Waals surface area (Å²) in [6.45, 7) is -0.494. The Kier molecular flexibility index (Phi) is 5.48. The van der Waals surface area contributed by atoms with Crippen LogP contribution in [-0.2, 0) is 14.8 Å². The van der Waals surface area contributed by atoms with Gasteiger partial charge in [-0.3, -0.25) is 14.5 Å². The van der Waals surface area contributed by atoms with Crippen molar-refractivity contribution in [1.82, 2.24) is 5.43 Å². The zero-order valence-corrected chi connectivity index (χ0v) is 14.1. The number of anilines is 1. The van der Waals surface area contributed by atoms with Crippen molar-refractivity contribution in [2.45, 2.75) is 4.90 Å². The van der Waals surface area contributed by atoms with Gasteiger partial charge in [-0.1, -0.05) is 41.4 Å². The lowest BCUT2D eigenvalue weighted by Crippen LogP contribution is -2.43. The predicted molar refractivity (Wildman–Crippen MR) is 89.8 cm³/mol. The fraction of sp³-hybridized carbons (Fsp3) is 0.0714. The lowest BCUT2D eigenvalue weighted by atomic mass is 10.3. The van der Waals surface area contributed by atoms with E-state index in [1.54, 1.807) is 18.2 Å². The summed E-state index contributed by atoms with van der Waals surface area (Å²) in [6.07, 6.45) is 0. The Labute approximate surface area is 143 Å². The molecule has 3 N–H and O–H groups in total. The summed E-state index contributed by atoms with van der Waals surface area (Å²) in [5.41, 5.74) is 2.11. The summed E-state index contributed by atoms with van der Waals surface area (Å²) >= 11 is 11.8. The number of nitrogens with two attached hydrogens (primary N) is 1. The van der Waals surface area contributed by atoms with Gasteiger partial charge in [0.15, 0.2) is 0 Å². The zero-order valence-electron chi connectivity index (χ0n) is 11.7. The SMILES string of the molecule is NNC(=O)CN(c1ccc(Cl)c(Cl)c1)S(=O)(=O)c1ccccc1. The van der Waals surface area contributed by atoms with Gasteiger partial charge in [-0.25, -0.2) is 14.3 Å². The Morgan fingerprint density at radius 1 is 1.09 bits per heavy atom. The van der Waals surface area contributed by atoms with Crippen molar-refractivity contribution < 1.29 is 13.2 Å². The maximum absolute atomic E-state index is 12.8. The number of hydrazine groups is 1. The van der Waals surface area contributed by atoms with Gasteiger partial charge >= 0.3 is 0 Å². The molecule has 0 aliphatic carbocycles. The summed E-state index contributed by atoms with van der Waals surface area (Å²) in [5.74, 6) is 4.40. The topological polar surface area (TPSA) is 92.5 Å². The van der Waals surface area contributed by atoms with E-state index in [-0.39, 0.29) is 20.6 Å². The Bertz CT molecular complexity index is 813. The van der Waals surface area contributed by atoms with Gasteiger partial charge in [0.25, 0.3) is 15.9 Å². The highest BCUT2D eigenvalue weighted by Crippen LogP contribution is 2.30. The summed E-state index contributed by atoms with van der Waals surface area (Å²) in [6, 6.07) is 12.0. The molecule has 1 amide bonds. The molecule has 0 aromatic heterocycles. The van der Waals surface area contributed by atoms with E-state index in [0.29, 0.717) is 0 Å². The average Bonchev–Trinajstić information content (AvgIpc) is 2.55. The minimum atomic E-state index is -3.97. The normalized spacial score (nSPS) is 11.1. The highest BCUT2D eigenvalue weighted by atomic mass is 35.5. The Hall–Kier alpha value is -1.80. The van der Waals surface area contributed by atoms with Crippen LogP contribution in [0.4, 0.5) is 5.69 Å². The molecule has 0 saturated heterocycles. The van der Waals surface area contributed by atoms with Gasteiger partial charge in [0.2, 0.25) is 0 Å². The second kappa shape index (κ2) is 7.18. The molecule has 122 valence electrons. The van der Waals surface area contributed by atoms with E-state index in [4.69, 9.17) is 29.0 Å². The molecule has 0 spiro atoms. The van der Waals surface area contributed by atoms with Crippen LogP contribution in [0, 0.1) is 0 Å². The molecule has 0 aliphatic rings. The fourth-order valence-corrected chi connectivity index (χ4v) is 3.58. The maximum Gasteiger partial charge on any atom is 0.264 e. The number of carbonyl (C=O) groups excluding carboxylic acids is 1. The molecule has 6 nitrogen and oxygen atoms in total. The van der Waals surface area contributed by atoms with E-state index >= 15 is 0 Å². The molecule has 0 aliphatic heterocycles. The third-order valence-electron chi connectivity index (χ3n) is 2.97. The van der Waals surface area contributed by atoms with Crippen molar-refractivity contribution in [3.63, 3.8) is 0 Å². The Morgan fingerprint density at radius 2 is 1.74 bits per heavy atom. The van der Waals surface area contributed by atoms with Crippen LogP contribution in [0.5, 0.6) is 0 Å². The van der Waals surface area contributed by atoms with Crippen molar-refractivity contribution in [3.05, 3.63) is 58.6 Å². The van der Waals surface area contributed by atoms with Gasteiger partial charge in [-0.05, 0) is 30.3 Å². The molecule has 2 rings (SSSR count). The third-order valence-corrected chi connectivity index (χ3v) is 5.50. The first-order valence-corrected chi connectivity index (χ1v) is 8.58.